The summed E-state index contributed by atoms with van der Waals surface area (Å²) in [5.41, 5.74) is 0.855. The standard InChI is InChI=1S/C10H11NO4.C7H12O3/c1-14-10(13)11(8-12)15-7-9-5-3-2-4-6-9;1-5(2)10-7(9)4-6(3)8/h2-6,8H,7H2,1H3;5H,4H2,1-3H3. The van der Waals surface area contributed by atoms with E-state index < -0.39 is 12.1 Å². The van der Waals surface area contributed by atoms with Crippen molar-refractivity contribution in [1.29, 1.82) is 0 Å². The van der Waals surface area contributed by atoms with Gasteiger partial charge in [0.25, 0.3) is 0 Å². The lowest BCUT2D eigenvalue weighted by Crippen LogP contribution is -2.29. The molecule has 0 aliphatic heterocycles. The van der Waals surface area contributed by atoms with Gasteiger partial charge in [0.05, 0.1) is 13.2 Å². The van der Waals surface area contributed by atoms with Crippen molar-refractivity contribution in [1.82, 2.24) is 5.06 Å². The predicted molar refractivity (Wildman–Crippen MR) is 88.1 cm³/mol. The van der Waals surface area contributed by atoms with Crippen molar-refractivity contribution in [3.05, 3.63) is 35.9 Å². The quantitative estimate of drug-likeness (QED) is 0.321. The van der Waals surface area contributed by atoms with Crippen molar-refractivity contribution in [2.45, 2.75) is 39.9 Å². The molecule has 1 rings (SSSR count). The summed E-state index contributed by atoms with van der Waals surface area (Å²) in [4.78, 5) is 47.2. The van der Waals surface area contributed by atoms with Gasteiger partial charge in [0.1, 0.15) is 18.8 Å². The molecule has 25 heavy (non-hydrogen) atoms. The highest BCUT2D eigenvalue weighted by Crippen LogP contribution is 2.02. The van der Waals surface area contributed by atoms with E-state index in [9.17, 15) is 19.2 Å². The van der Waals surface area contributed by atoms with Gasteiger partial charge in [-0.15, -0.1) is 5.06 Å². The van der Waals surface area contributed by atoms with Crippen molar-refractivity contribution in [3.8, 4) is 0 Å². The Hall–Kier alpha value is -2.74. The average Bonchev–Trinajstić information content (AvgIpc) is 2.55. The van der Waals surface area contributed by atoms with Crippen LogP contribution < -0.4 is 0 Å². The number of imide groups is 1. The van der Waals surface area contributed by atoms with Crippen LogP contribution in [0.25, 0.3) is 0 Å². The van der Waals surface area contributed by atoms with Crippen LogP contribution in [0.3, 0.4) is 0 Å². The van der Waals surface area contributed by atoms with E-state index in [2.05, 4.69) is 4.74 Å². The molecular formula is C17H23NO7. The molecule has 8 nitrogen and oxygen atoms in total. The first-order valence-corrected chi connectivity index (χ1v) is 7.48. The molecule has 8 heteroatoms. The maximum Gasteiger partial charge on any atom is 0.440 e. The Bertz CT molecular complexity index is 557. The molecule has 0 aliphatic rings. The molecule has 0 unspecified atom stereocenters. The van der Waals surface area contributed by atoms with Gasteiger partial charge in [0.2, 0.25) is 6.41 Å². The van der Waals surface area contributed by atoms with Crippen LogP contribution in [0.5, 0.6) is 0 Å². The van der Waals surface area contributed by atoms with Crippen LogP contribution >= 0.6 is 0 Å². The molecule has 1 aromatic rings. The minimum atomic E-state index is -0.846. The van der Waals surface area contributed by atoms with Gasteiger partial charge in [0, 0.05) is 0 Å². The van der Waals surface area contributed by atoms with Gasteiger partial charge in [-0.3, -0.25) is 19.2 Å². The molecule has 0 bridgehead atoms. The van der Waals surface area contributed by atoms with Crippen LogP contribution in [0.4, 0.5) is 4.79 Å². The number of ether oxygens (including phenoxy) is 2. The van der Waals surface area contributed by atoms with E-state index in [4.69, 9.17) is 9.57 Å². The molecule has 0 radical (unpaired) electrons. The van der Waals surface area contributed by atoms with E-state index in [0.717, 1.165) is 5.56 Å². The van der Waals surface area contributed by atoms with Crippen molar-refractivity contribution in [2.75, 3.05) is 7.11 Å². The number of hydroxylamine groups is 2. The minimum absolute atomic E-state index is 0.113. The monoisotopic (exact) mass is 353 g/mol. The zero-order valence-electron chi connectivity index (χ0n) is 14.8. The van der Waals surface area contributed by atoms with Gasteiger partial charge in [-0.25, -0.2) is 4.79 Å². The lowest BCUT2D eigenvalue weighted by molar-refractivity contribution is -0.163. The Morgan fingerprint density at radius 1 is 1.16 bits per heavy atom. The van der Waals surface area contributed by atoms with E-state index in [1.54, 1.807) is 13.8 Å². The molecule has 0 N–H and O–H groups in total. The van der Waals surface area contributed by atoms with Crippen LogP contribution in [0, 0.1) is 0 Å². The van der Waals surface area contributed by atoms with Crippen molar-refractivity contribution in [2.24, 2.45) is 0 Å². The molecule has 138 valence electrons. The van der Waals surface area contributed by atoms with Gasteiger partial charge < -0.3 is 9.47 Å². The minimum Gasteiger partial charge on any atom is -0.463 e. The zero-order chi connectivity index (χ0) is 19.2. The highest BCUT2D eigenvalue weighted by atomic mass is 16.7. The van der Waals surface area contributed by atoms with Crippen LogP contribution in [-0.4, -0.2) is 42.5 Å². The maximum absolute atomic E-state index is 10.9. The number of benzene rings is 1. The molecular weight excluding hydrogens is 330 g/mol. The molecule has 0 saturated carbocycles. The highest BCUT2D eigenvalue weighted by Gasteiger charge is 2.13. The number of amides is 2. The van der Waals surface area contributed by atoms with Crippen LogP contribution in [0.1, 0.15) is 32.8 Å². The topological polar surface area (TPSA) is 99.2 Å². The van der Waals surface area contributed by atoms with Crippen molar-refractivity contribution >= 4 is 24.3 Å². The first kappa shape index (κ1) is 22.3. The number of carbonyl (C=O) groups excluding carboxylic acids is 4. The van der Waals surface area contributed by atoms with Crippen LogP contribution in [0.2, 0.25) is 0 Å². The van der Waals surface area contributed by atoms with Gasteiger partial charge in [0.15, 0.2) is 0 Å². The molecule has 0 fully saturated rings. The first-order chi connectivity index (χ1) is 11.8. The molecule has 0 saturated heterocycles. The fourth-order valence-electron chi connectivity index (χ4n) is 1.44. The summed E-state index contributed by atoms with van der Waals surface area (Å²) >= 11 is 0. The van der Waals surface area contributed by atoms with E-state index in [0.29, 0.717) is 5.06 Å². The number of methoxy groups -OCH3 is 1. The van der Waals surface area contributed by atoms with Crippen LogP contribution in [-0.2, 0) is 35.3 Å². The van der Waals surface area contributed by atoms with E-state index >= 15 is 0 Å². The Morgan fingerprint density at radius 3 is 2.20 bits per heavy atom. The molecule has 0 aromatic heterocycles. The number of nitrogens with zero attached hydrogens (tertiary/aromatic N) is 1. The molecule has 0 atom stereocenters. The highest BCUT2D eigenvalue weighted by molar-refractivity contribution is 5.94. The Balaban J connectivity index is 0.000000504. The Kier molecular flexibility index (Phi) is 11.3. The number of hydrogen-bond acceptors (Lipinski definition) is 7. The van der Waals surface area contributed by atoms with Crippen LogP contribution in [0.15, 0.2) is 30.3 Å². The molecule has 0 spiro atoms. The second-order valence-corrected chi connectivity index (χ2v) is 5.08. The number of carbonyl (C=O) groups is 4. The number of rotatable bonds is 7. The van der Waals surface area contributed by atoms with Crippen molar-refractivity contribution in [3.63, 3.8) is 0 Å². The first-order valence-electron chi connectivity index (χ1n) is 7.48. The second kappa shape index (κ2) is 12.7. The normalized spacial score (nSPS) is 9.48. The molecule has 1 aromatic carbocycles. The summed E-state index contributed by atoms with van der Waals surface area (Å²) in [7, 11) is 1.17. The van der Waals surface area contributed by atoms with E-state index in [1.807, 2.05) is 30.3 Å². The van der Waals surface area contributed by atoms with Gasteiger partial charge in [-0.2, -0.15) is 0 Å². The molecule has 0 aliphatic carbocycles. The van der Waals surface area contributed by atoms with Gasteiger partial charge >= 0.3 is 12.1 Å². The van der Waals surface area contributed by atoms with Gasteiger partial charge in [-0.05, 0) is 26.3 Å². The van der Waals surface area contributed by atoms with E-state index in [1.165, 1.54) is 14.0 Å². The third-order valence-electron chi connectivity index (χ3n) is 2.42. The van der Waals surface area contributed by atoms with E-state index in [-0.39, 0.29) is 31.3 Å². The SMILES string of the molecule is CC(=O)CC(=O)OC(C)C.COC(=O)N(C=O)OCc1ccccc1. The Morgan fingerprint density at radius 2 is 1.76 bits per heavy atom. The summed E-state index contributed by atoms with van der Waals surface area (Å²) in [5, 5.41) is 0.507. The Labute approximate surface area is 146 Å². The summed E-state index contributed by atoms with van der Waals surface area (Å²) in [6.45, 7) is 4.99. The fraction of sp³-hybridized carbons (Fsp3) is 0.412. The fourth-order valence-corrected chi connectivity index (χ4v) is 1.44. The lowest BCUT2D eigenvalue weighted by Gasteiger charge is -2.12. The smallest absolute Gasteiger partial charge is 0.440 e. The summed E-state index contributed by atoms with van der Waals surface area (Å²) in [6, 6.07) is 9.17. The molecule has 2 amide bonds. The number of ketones is 1. The third kappa shape index (κ3) is 11.4. The van der Waals surface area contributed by atoms with Gasteiger partial charge in [-0.1, -0.05) is 30.3 Å². The predicted octanol–water partition coefficient (Wildman–Crippen LogP) is 2.26. The summed E-state index contributed by atoms with van der Waals surface area (Å²) in [5.74, 6) is -0.604. The molecule has 0 heterocycles. The number of esters is 1. The second-order valence-electron chi connectivity index (χ2n) is 5.08. The summed E-state index contributed by atoms with van der Waals surface area (Å²) < 4.78 is 9.02. The number of hydrogen-bond donors (Lipinski definition) is 0. The number of Topliss-reactive ketones (excluding diaryl/α,β-unsaturated/α-hetero) is 1. The maximum atomic E-state index is 10.9. The summed E-state index contributed by atoms with van der Waals surface area (Å²) in [6.07, 6.45) is -0.833. The van der Waals surface area contributed by atoms with Crippen molar-refractivity contribution < 1.29 is 33.5 Å². The average molecular weight is 353 g/mol. The lowest BCUT2D eigenvalue weighted by atomic mass is 10.2. The zero-order valence-corrected chi connectivity index (χ0v) is 14.8. The third-order valence-corrected chi connectivity index (χ3v) is 2.42. The largest absolute Gasteiger partial charge is 0.463 e.